The van der Waals surface area contributed by atoms with Gasteiger partial charge in [0.1, 0.15) is 12.3 Å². The fraction of sp³-hybridized carbons (Fsp3) is 0.880. The second-order valence-electron chi connectivity index (χ2n) is 8.67. The highest BCUT2D eigenvalue weighted by Crippen LogP contribution is 2.14. The van der Waals surface area contributed by atoms with Crippen molar-refractivity contribution >= 4 is 0 Å². The number of nitrogens with one attached hydrogen (secondary N) is 1. The van der Waals surface area contributed by atoms with Gasteiger partial charge in [-0.3, -0.25) is 0 Å². The summed E-state index contributed by atoms with van der Waals surface area (Å²) >= 11 is 0. The van der Waals surface area contributed by atoms with Crippen molar-refractivity contribution in [1.29, 1.82) is 0 Å². The van der Waals surface area contributed by atoms with E-state index in [1.165, 1.54) is 109 Å². The summed E-state index contributed by atoms with van der Waals surface area (Å²) in [5, 5.41) is 9.72. The fourth-order valence-electron chi connectivity index (χ4n) is 4.06. The maximum atomic E-state index is 9.72. The number of aryl methyl sites for hydroxylation is 2. The first kappa shape index (κ1) is 25.2. The number of hydrogen-bond donors (Lipinski definition) is 2. The summed E-state index contributed by atoms with van der Waals surface area (Å²) in [5.41, 5.74) is 0.938. The fourth-order valence-corrected chi connectivity index (χ4v) is 4.06. The number of unbranched alkanes of at least 4 members (excludes halogenated alkanes) is 15. The number of aromatic amines is 1. The van der Waals surface area contributed by atoms with Crippen molar-refractivity contribution in [2.45, 2.75) is 143 Å². The molecule has 0 aliphatic carbocycles. The van der Waals surface area contributed by atoms with Crippen molar-refractivity contribution in [2.24, 2.45) is 0 Å². The molecular formula is C25H49N2O+. The highest BCUT2D eigenvalue weighted by atomic mass is 16.3. The van der Waals surface area contributed by atoms with Crippen molar-refractivity contribution in [3.63, 3.8) is 0 Å². The van der Waals surface area contributed by atoms with Crippen molar-refractivity contribution in [2.75, 3.05) is 0 Å². The van der Waals surface area contributed by atoms with Crippen LogP contribution < -0.4 is 4.57 Å². The largest absolute Gasteiger partial charge is 0.385 e. The molecule has 164 valence electrons. The van der Waals surface area contributed by atoms with Crippen LogP contribution in [0.15, 0.2) is 6.20 Å². The molecular weight excluding hydrogens is 344 g/mol. The molecule has 0 amide bonds. The average Bonchev–Trinajstić information content (AvgIpc) is 3.11. The topological polar surface area (TPSA) is 39.9 Å². The van der Waals surface area contributed by atoms with Gasteiger partial charge in [-0.2, -0.15) is 0 Å². The Kier molecular flexibility index (Phi) is 15.4. The van der Waals surface area contributed by atoms with Gasteiger partial charge in [0.2, 0.25) is 0 Å². The van der Waals surface area contributed by atoms with Crippen molar-refractivity contribution in [3.8, 4) is 0 Å². The first-order valence-electron chi connectivity index (χ1n) is 12.5. The zero-order valence-corrected chi connectivity index (χ0v) is 19.3. The molecule has 1 atom stereocenters. The van der Waals surface area contributed by atoms with E-state index in [1.807, 2.05) is 6.92 Å². The van der Waals surface area contributed by atoms with Gasteiger partial charge in [0.15, 0.2) is 5.69 Å². The number of H-pyrrole nitrogens is 1. The lowest BCUT2D eigenvalue weighted by Gasteiger charge is -2.03. The first-order chi connectivity index (χ1) is 13.7. The molecule has 3 nitrogen and oxygen atoms in total. The molecule has 28 heavy (non-hydrogen) atoms. The zero-order valence-electron chi connectivity index (χ0n) is 19.3. The molecule has 0 aromatic carbocycles. The molecule has 0 spiro atoms. The maximum Gasteiger partial charge on any atom is 0.254 e. The molecule has 1 rings (SSSR count). The van der Waals surface area contributed by atoms with Crippen LogP contribution in [0.25, 0.3) is 0 Å². The zero-order chi connectivity index (χ0) is 20.5. The van der Waals surface area contributed by atoms with E-state index in [2.05, 4.69) is 29.6 Å². The number of aliphatic hydroxyl groups is 1. The van der Waals surface area contributed by atoms with Crippen LogP contribution >= 0.6 is 0 Å². The van der Waals surface area contributed by atoms with E-state index in [-0.39, 0.29) is 0 Å². The summed E-state index contributed by atoms with van der Waals surface area (Å²) in [4.78, 5) is 3.40. The van der Waals surface area contributed by atoms with Gasteiger partial charge < -0.3 is 5.11 Å². The second-order valence-corrected chi connectivity index (χ2v) is 8.67. The number of hydrogen-bond acceptors (Lipinski definition) is 1. The lowest BCUT2D eigenvalue weighted by Crippen LogP contribution is -2.34. The summed E-state index contributed by atoms with van der Waals surface area (Å²) in [7, 11) is 0. The van der Waals surface area contributed by atoms with Gasteiger partial charge in [-0.25, -0.2) is 9.55 Å². The lowest BCUT2D eigenvalue weighted by atomic mass is 10.0. The molecule has 0 fully saturated rings. The Morgan fingerprint density at radius 3 is 1.57 bits per heavy atom. The number of imidazole rings is 1. The van der Waals surface area contributed by atoms with Gasteiger partial charge >= 0.3 is 0 Å². The monoisotopic (exact) mass is 393 g/mol. The van der Waals surface area contributed by atoms with Crippen LogP contribution in [0.4, 0.5) is 0 Å². The van der Waals surface area contributed by atoms with Crippen LogP contribution in [-0.4, -0.2) is 10.1 Å². The summed E-state index contributed by atoms with van der Waals surface area (Å²) < 4.78 is 2.24. The SMILES string of the molecule is CCCCCCCCCCCCCCCCCCc1[nH]c(C(C)O)c[n+]1CC. The molecule has 0 aliphatic heterocycles. The molecule has 3 heteroatoms. The van der Waals surface area contributed by atoms with Crippen molar-refractivity contribution < 1.29 is 9.67 Å². The van der Waals surface area contributed by atoms with Crippen LogP contribution in [0.2, 0.25) is 0 Å². The minimum absolute atomic E-state index is 0.405. The molecule has 1 aromatic rings. The summed E-state index contributed by atoms with van der Waals surface area (Å²) in [5.74, 6) is 1.27. The highest BCUT2D eigenvalue weighted by molar-refractivity contribution is 4.97. The van der Waals surface area contributed by atoms with Crippen molar-refractivity contribution in [1.82, 2.24) is 4.98 Å². The molecule has 0 aliphatic rings. The molecule has 0 saturated heterocycles. The Labute approximate surface area is 175 Å². The molecule has 2 N–H and O–H groups in total. The number of aromatic nitrogens is 2. The Morgan fingerprint density at radius 1 is 0.750 bits per heavy atom. The van der Waals surface area contributed by atoms with Gasteiger partial charge in [-0.15, -0.1) is 0 Å². The predicted octanol–water partition coefficient (Wildman–Crippen LogP) is 7.18. The van der Waals surface area contributed by atoms with Crippen LogP contribution in [0, 0.1) is 0 Å². The number of aliphatic hydroxyl groups excluding tert-OH is 1. The Hall–Kier alpha value is -0.830. The normalized spacial score (nSPS) is 12.6. The van der Waals surface area contributed by atoms with E-state index in [0.29, 0.717) is 0 Å². The van der Waals surface area contributed by atoms with E-state index in [9.17, 15) is 5.11 Å². The lowest BCUT2D eigenvalue weighted by molar-refractivity contribution is -0.699. The van der Waals surface area contributed by atoms with Gasteiger partial charge in [0, 0.05) is 6.42 Å². The van der Waals surface area contributed by atoms with Gasteiger partial charge in [0.25, 0.3) is 5.82 Å². The maximum absolute atomic E-state index is 9.72. The highest BCUT2D eigenvalue weighted by Gasteiger charge is 2.16. The third-order valence-electron chi connectivity index (χ3n) is 5.99. The van der Waals surface area contributed by atoms with Crippen LogP contribution in [0.1, 0.15) is 141 Å². The Bertz CT molecular complexity index is 467. The van der Waals surface area contributed by atoms with E-state index in [1.54, 1.807) is 0 Å². The average molecular weight is 394 g/mol. The number of nitrogens with zero attached hydrogens (tertiary/aromatic N) is 1. The molecule has 1 unspecified atom stereocenters. The van der Waals surface area contributed by atoms with Gasteiger partial charge in [0.05, 0.1) is 6.54 Å². The van der Waals surface area contributed by atoms with Crippen LogP contribution in [0.5, 0.6) is 0 Å². The van der Waals surface area contributed by atoms with E-state index < -0.39 is 6.10 Å². The predicted molar refractivity (Wildman–Crippen MR) is 121 cm³/mol. The molecule has 1 heterocycles. The molecule has 0 radical (unpaired) electrons. The summed E-state index contributed by atoms with van der Waals surface area (Å²) in [6.07, 6.45) is 25.3. The van der Waals surface area contributed by atoms with Crippen molar-refractivity contribution in [3.05, 3.63) is 17.7 Å². The quantitative estimate of drug-likeness (QED) is 0.190. The molecule has 0 bridgehead atoms. The molecule has 0 saturated carbocycles. The van der Waals surface area contributed by atoms with Crippen LogP contribution in [-0.2, 0) is 13.0 Å². The Balaban J connectivity index is 1.88. The summed E-state index contributed by atoms with van der Waals surface area (Å²) in [6.45, 7) is 7.25. The third-order valence-corrected chi connectivity index (χ3v) is 5.99. The smallest absolute Gasteiger partial charge is 0.254 e. The number of rotatable bonds is 19. The van der Waals surface area contributed by atoms with E-state index >= 15 is 0 Å². The standard InChI is InChI=1S/C25H48N2O/c1-4-6-7-8-9-10-11-12-13-14-15-16-17-18-19-20-21-25-26-24(23(3)28)22-27(25)5-2/h22-23,28H,4-21H2,1-3H3/p+1. The molecule has 1 aromatic heterocycles. The van der Waals surface area contributed by atoms with Gasteiger partial charge in [-0.1, -0.05) is 103 Å². The minimum atomic E-state index is -0.405. The second kappa shape index (κ2) is 17.1. The third kappa shape index (κ3) is 11.9. The Morgan fingerprint density at radius 2 is 1.18 bits per heavy atom. The van der Waals surface area contributed by atoms with E-state index in [4.69, 9.17) is 0 Å². The van der Waals surface area contributed by atoms with E-state index in [0.717, 1.165) is 18.7 Å². The van der Waals surface area contributed by atoms with Crippen LogP contribution in [0.3, 0.4) is 0 Å². The minimum Gasteiger partial charge on any atom is -0.385 e. The first-order valence-corrected chi connectivity index (χ1v) is 12.5. The summed E-state index contributed by atoms with van der Waals surface area (Å²) in [6, 6.07) is 0. The van der Waals surface area contributed by atoms with Gasteiger partial charge in [-0.05, 0) is 20.3 Å².